The number of carbonyl (C=O) groups excluding carboxylic acids is 1. The largest absolute Gasteiger partial charge is 0.313 e. The first-order valence-corrected chi connectivity index (χ1v) is 25.9. The zero-order valence-corrected chi connectivity index (χ0v) is 32.3. The van der Waals surface area contributed by atoms with E-state index in [1.165, 1.54) is 50.6 Å². The van der Waals surface area contributed by atoms with Gasteiger partial charge in [-0.25, -0.2) is 0 Å². The van der Waals surface area contributed by atoms with Gasteiger partial charge in [0, 0.05) is 46.2 Å². The van der Waals surface area contributed by atoms with Crippen LogP contribution in [0.15, 0.2) is 12.1 Å². The van der Waals surface area contributed by atoms with E-state index in [4.69, 9.17) is 0 Å². The van der Waals surface area contributed by atoms with Crippen molar-refractivity contribution in [2.24, 2.45) is 0 Å². The predicted molar refractivity (Wildman–Crippen MR) is 192 cm³/mol. The molecule has 4 rings (SSSR count). The maximum Gasteiger partial charge on any atom is 0.134 e. The third kappa shape index (κ3) is 7.85. The summed E-state index contributed by atoms with van der Waals surface area (Å²) in [7, 11) is 0.264. The highest BCUT2D eigenvalue weighted by Crippen LogP contribution is 2.65. The maximum atomic E-state index is 13.1. The van der Waals surface area contributed by atoms with Crippen molar-refractivity contribution in [3.05, 3.63) is 28.8 Å². The van der Waals surface area contributed by atoms with E-state index in [2.05, 4.69) is 99.0 Å². The Labute approximate surface area is 258 Å². The molecule has 0 amide bonds. The Kier molecular flexibility index (Phi) is 10.3. The predicted octanol–water partition coefficient (Wildman–Crippen LogP) is 7.91. The van der Waals surface area contributed by atoms with E-state index in [1.807, 2.05) is 0 Å². The van der Waals surface area contributed by atoms with Gasteiger partial charge in [0.05, 0.1) is 0 Å². The molecule has 3 unspecified atom stereocenters. The average molecular weight is 633 g/mol. The summed E-state index contributed by atoms with van der Waals surface area (Å²) in [4.78, 5) is 13.1. The van der Waals surface area contributed by atoms with Gasteiger partial charge in [0.15, 0.2) is 0 Å². The van der Waals surface area contributed by atoms with Gasteiger partial charge in [-0.05, 0) is 83.2 Å². The van der Waals surface area contributed by atoms with Gasteiger partial charge in [-0.1, -0.05) is 99.9 Å². The highest BCUT2D eigenvalue weighted by molar-refractivity contribution is 7.69. The fraction of sp³-hybridized carbons (Fsp3) is 0.794. The first-order chi connectivity index (χ1) is 18.8. The Morgan fingerprint density at radius 1 is 0.805 bits per heavy atom. The summed E-state index contributed by atoms with van der Waals surface area (Å²) >= 11 is 0. The lowest BCUT2D eigenvalue weighted by Gasteiger charge is -2.53. The van der Waals surface area contributed by atoms with Crippen LogP contribution in [-0.4, -0.2) is 57.4 Å². The standard InChI is InChI=1S/C34H62N2OP2Si2/c1-32(2)21-27(37)22-33(3,4)39(32)29-20-26(24-41(8,9)10)25(23-40(5,6)7)19-28(29)34(38,30-15-11-13-17-35-30)31-16-12-14-18-36-31/h19-20,30-31,35-36H,11-18,21-24,38H2,1-10H3. The van der Waals surface area contributed by atoms with Crippen molar-refractivity contribution in [3.8, 4) is 0 Å². The monoisotopic (exact) mass is 632 g/mol. The molecule has 1 aromatic carbocycles. The molecule has 232 valence electrons. The molecule has 0 bridgehead atoms. The van der Waals surface area contributed by atoms with E-state index >= 15 is 0 Å². The molecule has 3 aliphatic rings. The molecule has 2 N–H and O–H groups in total. The van der Waals surface area contributed by atoms with E-state index in [0.717, 1.165) is 25.9 Å². The molecular formula is C34H62N2OP2Si2. The van der Waals surface area contributed by atoms with Gasteiger partial charge in [-0.3, -0.25) is 4.79 Å². The van der Waals surface area contributed by atoms with Crippen LogP contribution in [-0.2, 0) is 22.0 Å². The number of benzene rings is 1. The van der Waals surface area contributed by atoms with Crippen LogP contribution in [0.3, 0.4) is 0 Å². The van der Waals surface area contributed by atoms with Gasteiger partial charge in [0.25, 0.3) is 0 Å². The molecule has 1 aromatic rings. The molecular weight excluding hydrogens is 571 g/mol. The van der Waals surface area contributed by atoms with Crippen molar-refractivity contribution in [1.82, 2.24) is 10.6 Å². The van der Waals surface area contributed by atoms with Gasteiger partial charge in [0.2, 0.25) is 0 Å². The van der Waals surface area contributed by atoms with Crippen LogP contribution in [0, 0.1) is 0 Å². The van der Waals surface area contributed by atoms with E-state index < -0.39 is 24.1 Å². The molecule has 3 heterocycles. The Bertz CT molecular complexity index is 1060. The zero-order chi connectivity index (χ0) is 30.4. The summed E-state index contributed by atoms with van der Waals surface area (Å²) in [6.45, 7) is 27.1. The average Bonchev–Trinajstić information content (AvgIpc) is 2.82. The Balaban J connectivity index is 2.05. The van der Waals surface area contributed by atoms with Crippen LogP contribution in [0.1, 0.15) is 95.8 Å². The van der Waals surface area contributed by atoms with E-state index in [0.29, 0.717) is 17.9 Å². The van der Waals surface area contributed by atoms with Crippen LogP contribution in [0.25, 0.3) is 0 Å². The Morgan fingerprint density at radius 3 is 1.63 bits per heavy atom. The molecule has 3 saturated heterocycles. The number of carbonyl (C=O) groups is 1. The molecule has 0 aromatic heterocycles. The van der Waals surface area contributed by atoms with Gasteiger partial charge >= 0.3 is 0 Å². The molecule has 0 radical (unpaired) electrons. The summed E-state index contributed by atoms with van der Waals surface area (Å²) in [6, 6.07) is 8.90. The smallest absolute Gasteiger partial charge is 0.134 e. The van der Waals surface area contributed by atoms with Gasteiger partial charge < -0.3 is 10.6 Å². The number of Topliss-reactive ketones (excluding diaryl/α,β-unsaturated/α-hetero) is 1. The van der Waals surface area contributed by atoms with Crippen LogP contribution >= 0.6 is 17.2 Å². The quantitative estimate of drug-likeness (QED) is 0.226. The molecule has 3 aliphatic heterocycles. The molecule has 3 fully saturated rings. The number of hydrogen-bond acceptors (Lipinski definition) is 3. The first-order valence-electron chi connectivity index (χ1n) is 16.6. The highest BCUT2D eigenvalue weighted by atomic mass is 31.1. The normalized spacial score (nSPS) is 27.4. The number of ketones is 1. The third-order valence-electron chi connectivity index (χ3n) is 9.71. The summed E-state index contributed by atoms with van der Waals surface area (Å²) in [6.07, 6.45) is 9.11. The SMILES string of the molecule is CC1(C)CC(=O)CC(C)(C)P1c1cc(C[Si](C)(C)C)c(C[Si](C)(C)C)cc1C(P)(C1CCCCN1)C1CCCCN1. The summed E-state index contributed by atoms with van der Waals surface area (Å²) < 4.78 is 0. The fourth-order valence-electron chi connectivity index (χ4n) is 8.47. The first kappa shape index (κ1) is 34.0. The van der Waals surface area contributed by atoms with E-state index in [-0.39, 0.29) is 15.5 Å². The lowest BCUT2D eigenvalue weighted by Crippen LogP contribution is -2.60. The summed E-state index contributed by atoms with van der Waals surface area (Å²) in [5.41, 5.74) is 4.88. The Hall–Kier alpha value is 0.104. The second-order valence-electron chi connectivity index (χ2n) is 17.4. The summed E-state index contributed by atoms with van der Waals surface area (Å²) in [5.74, 6) is 0.456. The minimum atomic E-state index is -1.35. The molecule has 3 nitrogen and oxygen atoms in total. The third-order valence-corrected chi connectivity index (χ3v) is 17.3. The van der Waals surface area contributed by atoms with Crippen LogP contribution in [0.5, 0.6) is 0 Å². The number of piperidine rings is 2. The molecule has 0 spiro atoms. The lowest BCUT2D eigenvalue weighted by molar-refractivity contribution is -0.120. The number of hydrogen-bond donors (Lipinski definition) is 2. The maximum absolute atomic E-state index is 13.1. The second-order valence-corrected chi connectivity index (χ2v) is 32.9. The van der Waals surface area contributed by atoms with Gasteiger partial charge in [-0.2, -0.15) is 0 Å². The van der Waals surface area contributed by atoms with Gasteiger partial charge in [-0.15, -0.1) is 9.24 Å². The topological polar surface area (TPSA) is 41.1 Å². The van der Waals surface area contributed by atoms with Crippen LogP contribution in [0.4, 0.5) is 0 Å². The van der Waals surface area contributed by atoms with Crippen LogP contribution in [0.2, 0.25) is 39.3 Å². The van der Waals surface area contributed by atoms with Crippen molar-refractivity contribution >= 4 is 44.4 Å². The lowest BCUT2D eigenvalue weighted by atomic mass is 9.76. The van der Waals surface area contributed by atoms with E-state index in [9.17, 15) is 4.79 Å². The van der Waals surface area contributed by atoms with E-state index in [1.54, 1.807) is 22.0 Å². The fourth-order valence-corrected chi connectivity index (χ4v) is 16.7. The second kappa shape index (κ2) is 12.5. The minimum absolute atomic E-state index is 0.00873. The molecule has 3 atom stereocenters. The zero-order valence-electron chi connectivity index (χ0n) is 28.2. The van der Waals surface area contributed by atoms with Gasteiger partial charge in [0.1, 0.15) is 5.78 Å². The van der Waals surface area contributed by atoms with Crippen molar-refractivity contribution in [1.29, 1.82) is 0 Å². The summed E-state index contributed by atoms with van der Waals surface area (Å²) in [5, 5.41) is 9.68. The number of rotatable bonds is 8. The molecule has 7 heteroatoms. The van der Waals surface area contributed by atoms with Crippen molar-refractivity contribution in [2.75, 3.05) is 13.1 Å². The van der Waals surface area contributed by atoms with Crippen LogP contribution < -0.4 is 15.9 Å². The molecule has 0 saturated carbocycles. The molecule has 0 aliphatic carbocycles. The van der Waals surface area contributed by atoms with Crippen molar-refractivity contribution < 1.29 is 4.79 Å². The highest BCUT2D eigenvalue weighted by Gasteiger charge is 2.52. The Morgan fingerprint density at radius 2 is 1.24 bits per heavy atom. The van der Waals surface area contributed by atoms with Crippen molar-refractivity contribution in [3.63, 3.8) is 0 Å². The minimum Gasteiger partial charge on any atom is -0.313 e. The number of nitrogens with one attached hydrogen (secondary N) is 2. The molecule has 41 heavy (non-hydrogen) atoms. The van der Waals surface area contributed by atoms with Crippen molar-refractivity contribution in [2.45, 2.75) is 158 Å².